The number of aromatic nitrogens is 2. The number of aryl methyl sites for hydroxylation is 1. The SMILES string of the molecule is [2H]C([2H])([2H])c1c[c-]c(-c2cc(C([2H])(C)c3ccccc3)c([Si](C)(C)C)cn2)cc1.[2H]C([2H])(c1ccnc(-c2[c-]ccc3c2sc2cc(-c4ccc(C(C)(C)C)cc4)ccc23)c1)C(C)C.[Ir]. The molecule has 303 valence electrons. The van der Waals surface area contributed by atoms with Crippen LogP contribution >= 0.6 is 11.3 Å². The van der Waals surface area contributed by atoms with E-state index < -0.39 is 27.2 Å². The minimum absolute atomic E-state index is 0. The maximum atomic E-state index is 9.21. The fraction of sp³-hybridized carbons (Fsp3) is 0.259. The van der Waals surface area contributed by atoms with E-state index in [4.69, 9.17) is 6.85 Å². The quantitative estimate of drug-likeness (QED) is 0.112. The van der Waals surface area contributed by atoms with E-state index in [9.17, 15) is 1.37 Å². The number of hydrogen-bond acceptors (Lipinski definition) is 3. The second-order valence-corrected chi connectivity index (χ2v) is 23.4. The number of fused-ring (bicyclic) bond motifs is 3. The molecule has 0 bridgehead atoms. The monoisotopic (exact) mass is 991 g/mol. The summed E-state index contributed by atoms with van der Waals surface area (Å²) >= 11 is 1.75. The van der Waals surface area contributed by atoms with Gasteiger partial charge in [0.05, 0.1) is 8.07 Å². The van der Waals surface area contributed by atoms with Crippen molar-refractivity contribution in [1.82, 2.24) is 9.97 Å². The fourth-order valence-corrected chi connectivity index (χ4v) is 9.97. The van der Waals surface area contributed by atoms with E-state index in [1.54, 1.807) is 35.7 Å². The molecule has 1 radical (unpaired) electrons. The molecule has 3 heterocycles. The van der Waals surface area contributed by atoms with E-state index in [1.807, 2.05) is 75.5 Å². The fourth-order valence-electron chi connectivity index (χ4n) is 7.20. The molecule has 8 aromatic rings. The summed E-state index contributed by atoms with van der Waals surface area (Å²) in [5.74, 6) is -1.05. The van der Waals surface area contributed by atoms with E-state index in [-0.39, 0.29) is 37.0 Å². The van der Waals surface area contributed by atoms with E-state index >= 15 is 0 Å². The standard InChI is InChI=1S/C31H30NS.C23H26NSi.Ir/c1-20(2)17-21-15-16-32-28(18-21)27-8-6-7-26-25-14-11-23(19-29(25)33-30(26)27)22-9-12-24(13-10-22)31(3,4)5;1-17-11-13-20(14-12-17)22-15-21(23(16-24-22)25(3,4)5)18(2)19-9-7-6-8-10-19;/h6-7,9-16,18-20H,17H2,1-5H3;6-13,15-16,18H,1-5H3;/q2*-1;/i17D2;1D3,18D;. The van der Waals surface area contributed by atoms with Crippen molar-refractivity contribution in [1.29, 1.82) is 0 Å². The van der Waals surface area contributed by atoms with Crippen molar-refractivity contribution in [2.75, 3.05) is 0 Å². The Balaban J connectivity index is 0.000000216. The van der Waals surface area contributed by atoms with Crippen molar-refractivity contribution in [2.24, 2.45) is 5.92 Å². The predicted molar refractivity (Wildman–Crippen MR) is 254 cm³/mol. The topological polar surface area (TPSA) is 25.8 Å². The Labute approximate surface area is 380 Å². The molecule has 0 spiro atoms. The average molecular weight is 991 g/mol. The Morgan fingerprint density at radius 1 is 0.797 bits per heavy atom. The van der Waals surface area contributed by atoms with Gasteiger partial charge in [-0.1, -0.05) is 158 Å². The largest absolute Gasteiger partial charge is 0.305 e. The second-order valence-electron chi connectivity index (χ2n) is 17.3. The maximum Gasteiger partial charge on any atom is 0.0799 e. The van der Waals surface area contributed by atoms with Crippen LogP contribution < -0.4 is 5.19 Å². The van der Waals surface area contributed by atoms with Crippen LogP contribution in [0, 0.1) is 24.9 Å². The molecule has 0 aliphatic heterocycles. The molecule has 1 atom stereocenters. The number of pyridine rings is 2. The first-order valence-electron chi connectivity index (χ1n) is 23.0. The van der Waals surface area contributed by atoms with Crippen LogP contribution in [0.15, 0.2) is 134 Å². The zero-order valence-corrected chi connectivity index (χ0v) is 39.6. The number of thiophene rings is 1. The van der Waals surface area contributed by atoms with Crippen LogP contribution in [0.25, 0.3) is 53.8 Å². The molecule has 8 rings (SSSR count). The van der Waals surface area contributed by atoms with Gasteiger partial charge in [-0.05, 0) is 84.3 Å². The minimum Gasteiger partial charge on any atom is -0.305 e. The van der Waals surface area contributed by atoms with Crippen LogP contribution in [0.5, 0.6) is 0 Å². The number of benzene rings is 5. The molecule has 5 aromatic carbocycles. The van der Waals surface area contributed by atoms with Gasteiger partial charge in [-0.15, -0.1) is 59.2 Å². The van der Waals surface area contributed by atoms with Gasteiger partial charge in [-0.2, -0.15) is 11.3 Å². The molecule has 0 aliphatic rings. The molecule has 0 saturated carbocycles. The minimum atomic E-state index is -2.15. The van der Waals surface area contributed by atoms with Crippen LogP contribution in [0.2, 0.25) is 19.6 Å². The Bertz CT molecular complexity index is 2910. The maximum absolute atomic E-state index is 9.21. The number of nitrogens with zero attached hydrogens (tertiary/aromatic N) is 2. The van der Waals surface area contributed by atoms with Crippen LogP contribution in [0.3, 0.4) is 0 Å². The molecule has 59 heavy (non-hydrogen) atoms. The van der Waals surface area contributed by atoms with Gasteiger partial charge in [0.25, 0.3) is 0 Å². The summed E-state index contributed by atoms with van der Waals surface area (Å²) in [5, 5.41) is 3.57. The number of rotatable bonds is 8. The van der Waals surface area contributed by atoms with Gasteiger partial charge in [-0.25, -0.2) is 0 Å². The van der Waals surface area contributed by atoms with Crippen molar-refractivity contribution in [3.63, 3.8) is 0 Å². The Morgan fingerprint density at radius 2 is 1.54 bits per heavy atom. The third-order valence-electron chi connectivity index (χ3n) is 10.4. The molecule has 0 aliphatic carbocycles. The van der Waals surface area contributed by atoms with Crippen LogP contribution in [0.1, 0.15) is 83.5 Å². The van der Waals surface area contributed by atoms with Gasteiger partial charge in [0.2, 0.25) is 0 Å². The summed E-state index contributed by atoms with van der Waals surface area (Å²) < 4.78 is 51.2. The van der Waals surface area contributed by atoms with Crippen LogP contribution in [0.4, 0.5) is 0 Å². The first-order valence-corrected chi connectivity index (χ1v) is 24.3. The molecule has 0 N–H and O–H groups in total. The number of hydrogen-bond donors (Lipinski definition) is 0. The molecule has 2 nitrogen and oxygen atoms in total. The van der Waals surface area contributed by atoms with Crippen LogP contribution in [-0.2, 0) is 31.9 Å². The van der Waals surface area contributed by atoms with Crippen molar-refractivity contribution in [3.8, 4) is 33.6 Å². The summed E-state index contributed by atoms with van der Waals surface area (Å²) in [6, 6.07) is 46.4. The van der Waals surface area contributed by atoms with E-state index in [0.717, 1.165) is 37.8 Å². The Kier molecular flexibility index (Phi) is 11.3. The summed E-state index contributed by atoms with van der Waals surface area (Å²) in [6.07, 6.45) is 2.20. The molecule has 0 saturated heterocycles. The summed E-state index contributed by atoms with van der Waals surface area (Å²) in [7, 11) is -1.75. The first kappa shape index (κ1) is 36.3. The average Bonchev–Trinajstić information content (AvgIpc) is 3.64. The Hall–Kier alpha value is -4.51. The third-order valence-corrected chi connectivity index (χ3v) is 13.6. The van der Waals surface area contributed by atoms with Crippen LogP contribution in [-0.4, -0.2) is 18.0 Å². The first-order chi connectivity index (χ1) is 30.0. The zero-order chi connectivity index (χ0) is 46.4. The van der Waals surface area contributed by atoms with Gasteiger partial charge >= 0.3 is 0 Å². The second kappa shape index (κ2) is 18.4. The smallest absolute Gasteiger partial charge is 0.0799 e. The van der Waals surface area contributed by atoms with E-state index in [1.165, 1.54) is 38.2 Å². The van der Waals surface area contributed by atoms with Gasteiger partial charge in [0.15, 0.2) is 0 Å². The van der Waals surface area contributed by atoms with Gasteiger partial charge in [0.1, 0.15) is 0 Å². The van der Waals surface area contributed by atoms with Gasteiger partial charge in [0, 0.05) is 51.3 Å². The van der Waals surface area contributed by atoms with Gasteiger partial charge in [-0.3, -0.25) is 0 Å². The third kappa shape index (κ3) is 10.3. The Morgan fingerprint density at radius 3 is 2.20 bits per heavy atom. The summed E-state index contributed by atoms with van der Waals surface area (Å²) in [4.78, 5) is 9.26. The van der Waals surface area contributed by atoms with Crippen molar-refractivity contribution in [2.45, 2.75) is 85.7 Å². The zero-order valence-electron chi connectivity index (χ0n) is 41.4. The van der Waals surface area contributed by atoms with Crippen molar-refractivity contribution >= 4 is 44.8 Å². The predicted octanol–water partition coefficient (Wildman–Crippen LogP) is 14.6. The van der Waals surface area contributed by atoms with Crippen molar-refractivity contribution < 1.29 is 28.3 Å². The normalized spacial score (nSPS) is 14.7. The van der Waals surface area contributed by atoms with Gasteiger partial charge < -0.3 is 9.97 Å². The van der Waals surface area contributed by atoms with E-state index in [2.05, 4.69) is 111 Å². The molecular formula is C54H56IrN2SSi-2. The summed E-state index contributed by atoms with van der Waals surface area (Å²) in [5.41, 5.74) is 9.82. The molecule has 5 heteroatoms. The molecule has 3 aromatic heterocycles. The molecular weight excluding hydrogens is 929 g/mol. The van der Waals surface area contributed by atoms with E-state index in [0.29, 0.717) is 11.3 Å². The van der Waals surface area contributed by atoms with Crippen molar-refractivity contribution in [3.05, 3.63) is 174 Å². The molecule has 0 amide bonds. The summed E-state index contributed by atoms with van der Waals surface area (Å²) in [6.45, 7) is 17.1. The molecule has 0 fully saturated rings. The molecule has 1 unspecified atom stereocenters.